The van der Waals surface area contributed by atoms with E-state index in [1.54, 1.807) is 43.3 Å². The standard InChI is InChI=1S/C21H20FN3O4/c1-12(14-8-10-15(22)11-9-14)23-19(26)13(2)29-21(28)18-16-6-4-5-7-17(16)20(27)25(3)24-18/h4-13H,1-3H3,(H,23,26)/t12-,13-/m1/s1. The van der Waals surface area contributed by atoms with E-state index in [2.05, 4.69) is 10.4 Å². The minimum Gasteiger partial charge on any atom is -0.448 e. The third kappa shape index (κ3) is 4.31. The first kappa shape index (κ1) is 20.2. The number of rotatable bonds is 5. The Morgan fingerprint density at radius 3 is 2.34 bits per heavy atom. The molecule has 7 nitrogen and oxygen atoms in total. The van der Waals surface area contributed by atoms with Gasteiger partial charge in [0.1, 0.15) is 5.82 Å². The molecule has 2 atom stereocenters. The number of halogens is 1. The Kier molecular flexibility index (Phi) is 5.72. The van der Waals surface area contributed by atoms with Crippen molar-refractivity contribution in [2.45, 2.75) is 26.0 Å². The van der Waals surface area contributed by atoms with E-state index in [4.69, 9.17) is 4.74 Å². The summed E-state index contributed by atoms with van der Waals surface area (Å²) < 4.78 is 19.4. The van der Waals surface area contributed by atoms with Gasteiger partial charge in [0.25, 0.3) is 11.5 Å². The number of aromatic nitrogens is 2. The van der Waals surface area contributed by atoms with Crippen LogP contribution in [0.15, 0.2) is 53.3 Å². The fraction of sp³-hybridized carbons (Fsp3) is 0.238. The van der Waals surface area contributed by atoms with Gasteiger partial charge in [0.2, 0.25) is 0 Å². The summed E-state index contributed by atoms with van der Waals surface area (Å²) in [6.45, 7) is 3.18. The molecule has 1 N–H and O–H groups in total. The molecule has 0 aliphatic heterocycles. The molecule has 1 amide bonds. The molecule has 0 saturated heterocycles. The van der Waals surface area contributed by atoms with Crippen LogP contribution in [0.3, 0.4) is 0 Å². The molecule has 1 heterocycles. The van der Waals surface area contributed by atoms with Crippen molar-refractivity contribution in [3.05, 3.63) is 76.0 Å². The molecule has 3 aromatic rings. The van der Waals surface area contributed by atoms with E-state index in [-0.39, 0.29) is 17.1 Å². The number of carbonyl (C=O) groups is 2. The number of amides is 1. The van der Waals surface area contributed by atoms with E-state index >= 15 is 0 Å². The predicted octanol–water partition coefficient (Wildman–Crippen LogP) is 2.50. The van der Waals surface area contributed by atoms with Crippen molar-refractivity contribution in [3.8, 4) is 0 Å². The summed E-state index contributed by atoms with van der Waals surface area (Å²) in [7, 11) is 1.44. The predicted molar refractivity (Wildman–Crippen MR) is 105 cm³/mol. The summed E-state index contributed by atoms with van der Waals surface area (Å²) in [5.74, 6) is -1.69. The summed E-state index contributed by atoms with van der Waals surface area (Å²) in [4.78, 5) is 37.2. The zero-order chi connectivity index (χ0) is 21.1. The van der Waals surface area contributed by atoms with Crippen molar-refractivity contribution in [2.24, 2.45) is 7.05 Å². The van der Waals surface area contributed by atoms with E-state index < -0.39 is 24.0 Å². The lowest BCUT2D eigenvalue weighted by Gasteiger charge is -2.18. The van der Waals surface area contributed by atoms with Gasteiger partial charge in [-0.1, -0.05) is 30.3 Å². The normalized spacial score (nSPS) is 13.0. The molecule has 8 heteroatoms. The Balaban J connectivity index is 1.74. The largest absolute Gasteiger partial charge is 0.448 e. The van der Waals surface area contributed by atoms with E-state index in [1.165, 1.54) is 26.1 Å². The van der Waals surface area contributed by atoms with Gasteiger partial charge in [0.15, 0.2) is 11.8 Å². The van der Waals surface area contributed by atoms with Gasteiger partial charge in [0, 0.05) is 12.4 Å². The number of fused-ring (bicyclic) bond motifs is 1. The monoisotopic (exact) mass is 397 g/mol. The molecule has 2 aromatic carbocycles. The second-order valence-corrected chi connectivity index (χ2v) is 6.65. The van der Waals surface area contributed by atoms with Gasteiger partial charge in [-0.25, -0.2) is 13.9 Å². The highest BCUT2D eigenvalue weighted by Crippen LogP contribution is 2.16. The lowest BCUT2D eigenvalue weighted by atomic mass is 10.1. The van der Waals surface area contributed by atoms with Crippen LogP contribution in [0.2, 0.25) is 0 Å². The van der Waals surface area contributed by atoms with Crippen molar-refractivity contribution >= 4 is 22.6 Å². The Bertz CT molecular complexity index is 1120. The molecule has 1 aromatic heterocycles. The van der Waals surface area contributed by atoms with Crippen LogP contribution in [0.25, 0.3) is 10.8 Å². The van der Waals surface area contributed by atoms with Crippen molar-refractivity contribution in [1.82, 2.24) is 15.1 Å². The third-order valence-electron chi connectivity index (χ3n) is 4.53. The fourth-order valence-corrected chi connectivity index (χ4v) is 2.89. The molecule has 0 aliphatic rings. The zero-order valence-corrected chi connectivity index (χ0v) is 16.2. The first-order valence-electron chi connectivity index (χ1n) is 9.01. The maximum Gasteiger partial charge on any atom is 0.360 e. The summed E-state index contributed by atoms with van der Waals surface area (Å²) in [6, 6.07) is 11.9. The van der Waals surface area contributed by atoms with Crippen LogP contribution in [-0.2, 0) is 16.6 Å². The van der Waals surface area contributed by atoms with Gasteiger partial charge in [0.05, 0.1) is 11.4 Å². The molecule has 0 radical (unpaired) electrons. The lowest BCUT2D eigenvalue weighted by Crippen LogP contribution is -2.37. The van der Waals surface area contributed by atoms with Crippen LogP contribution >= 0.6 is 0 Å². The van der Waals surface area contributed by atoms with Crippen LogP contribution in [0.5, 0.6) is 0 Å². The SMILES string of the molecule is C[C@@H](OC(=O)c1nn(C)c(=O)c2ccccc12)C(=O)N[C@H](C)c1ccc(F)cc1. The Morgan fingerprint density at radius 1 is 1.07 bits per heavy atom. The van der Waals surface area contributed by atoms with E-state index in [0.29, 0.717) is 16.3 Å². The second kappa shape index (κ2) is 8.22. The molecule has 0 spiro atoms. The molecule has 0 bridgehead atoms. The van der Waals surface area contributed by atoms with Crippen LogP contribution in [0, 0.1) is 5.82 Å². The molecule has 0 fully saturated rings. The van der Waals surface area contributed by atoms with E-state index in [0.717, 1.165) is 4.68 Å². The van der Waals surface area contributed by atoms with Gasteiger partial charge >= 0.3 is 5.97 Å². The van der Waals surface area contributed by atoms with Gasteiger partial charge in [-0.15, -0.1) is 0 Å². The molecule has 0 unspecified atom stereocenters. The molecule has 0 aliphatic carbocycles. The van der Waals surface area contributed by atoms with Crippen molar-refractivity contribution in [2.75, 3.05) is 0 Å². The Morgan fingerprint density at radius 2 is 1.69 bits per heavy atom. The number of benzene rings is 2. The highest BCUT2D eigenvalue weighted by Gasteiger charge is 2.24. The minimum absolute atomic E-state index is 0.0473. The average Bonchev–Trinajstić information content (AvgIpc) is 2.71. The summed E-state index contributed by atoms with van der Waals surface area (Å²) in [5, 5.41) is 7.39. The topological polar surface area (TPSA) is 90.3 Å². The number of hydrogen-bond donors (Lipinski definition) is 1. The number of carbonyl (C=O) groups excluding carboxylic acids is 2. The molecular weight excluding hydrogens is 377 g/mol. The molecule has 29 heavy (non-hydrogen) atoms. The van der Waals surface area contributed by atoms with Crippen LogP contribution in [0.4, 0.5) is 4.39 Å². The Labute approximate surface area is 166 Å². The third-order valence-corrected chi connectivity index (χ3v) is 4.53. The van der Waals surface area contributed by atoms with Crippen molar-refractivity contribution in [1.29, 1.82) is 0 Å². The second-order valence-electron chi connectivity index (χ2n) is 6.65. The lowest BCUT2D eigenvalue weighted by molar-refractivity contribution is -0.129. The number of nitrogens with one attached hydrogen (secondary N) is 1. The molecule has 3 rings (SSSR count). The number of ether oxygens (including phenoxy) is 1. The average molecular weight is 397 g/mol. The van der Waals surface area contributed by atoms with E-state index in [1.807, 2.05) is 0 Å². The van der Waals surface area contributed by atoms with Crippen molar-refractivity contribution < 1.29 is 18.7 Å². The molecular formula is C21H20FN3O4. The van der Waals surface area contributed by atoms with Gasteiger partial charge < -0.3 is 10.1 Å². The maximum absolute atomic E-state index is 13.0. The number of aryl methyl sites for hydroxylation is 1. The van der Waals surface area contributed by atoms with E-state index in [9.17, 15) is 18.8 Å². The molecule has 0 saturated carbocycles. The van der Waals surface area contributed by atoms with Crippen molar-refractivity contribution in [3.63, 3.8) is 0 Å². The number of hydrogen-bond acceptors (Lipinski definition) is 5. The summed E-state index contributed by atoms with van der Waals surface area (Å²) in [6.07, 6.45) is -1.09. The smallest absolute Gasteiger partial charge is 0.360 e. The zero-order valence-electron chi connectivity index (χ0n) is 16.2. The highest BCUT2D eigenvalue weighted by molar-refractivity contribution is 6.02. The quantitative estimate of drug-likeness (QED) is 0.668. The fourth-order valence-electron chi connectivity index (χ4n) is 2.89. The first-order chi connectivity index (χ1) is 13.8. The summed E-state index contributed by atoms with van der Waals surface area (Å²) in [5.41, 5.74) is 0.328. The summed E-state index contributed by atoms with van der Waals surface area (Å²) >= 11 is 0. The maximum atomic E-state index is 13.0. The van der Waals surface area contributed by atoms with Gasteiger partial charge in [-0.3, -0.25) is 9.59 Å². The number of nitrogens with zero attached hydrogens (tertiary/aromatic N) is 2. The van der Waals surface area contributed by atoms with Gasteiger partial charge in [-0.2, -0.15) is 5.10 Å². The van der Waals surface area contributed by atoms with Gasteiger partial charge in [-0.05, 0) is 37.6 Å². The first-order valence-corrected chi connectivity index (χ1v) is 9.01. The van der Waals surface area contributed by atoms with Crippen LogP contribution < -0.4 is 10.9 Å². The molecule has 150 valence electrons. The van der Waals surface area contributed by atoms with Crippen LogP contribution in [0.1, 0.15) is 35.9 Å². The minimum atomic E-state index is -1.09. The number of esters is 1. The van der Waals surface area contributed by atoms with Crippen LogP contribution in [-0.4, -0.2) is 27.8 Å². The Hall–Kier alpha value is -3.55. The highest BCUT2D eigenvalue weighted by atomic mass is 19.1.